The first-order valence-corrected chi connectivity index (χ1v) is 6.12. The maximum atomic E-state index is 12.1. The molecule has 19 heavy (non-hydrogen) atoms. The summed E-state index contributed by atoms with van der Waals surface area (Å²) in [6, 6.07) is 8.36. The molecule has 2 amide bonds. The summed E-state index contributed by atoms with van der Waals surface area (Å²) in [5, 5.41) is 11.7. The summed E-state index contributed by atoms with van der Waals surface area (Å²) in [6.45, 7) is 6.11. The SMILES string of the molecule is CC(C)(C)CNC(=O)N(CC(=O)O)c1ccccc1. The van der Waals surface area contributed by atoms with Crippen LogP contribution in [0.25, 0.3) is 0 Å². The van der Waals surface area contributed by atoms with Crippen LogP contribution in [0.15, 0.2) is 30.3 Å². The van der Waals surface area contributed by atoms with Gasteiger partial charge in [-0.1, -0.05) is 39.0 Å². The van der Waals surface area contributed by atoms with Crippen molar-refractivity contribution >= 4 is 17.7 Å². The molecule has 0 bridgehead atoms. The largest absolute Gasteiger partial charge is 0.480 e. The van der Waals surface area contributed by atoms with E-state index in [9.17, 15) is 9.59 Å². The normalized spacial score (nSPS) is 10.9. The van der Waals surface area contributed by atoms with E-state index in [4.69, 9.17) is 5.11 Å². The molecule has 0 atom stereocenters. The maximum Gasteiger partial charge on any atom is 0.323 e. The molecule has 1 aromatic rings. The Balaban J connectivity index is 2.80. The fraction of sp³-hybridized carbons (Fsp3) is 0.429. The molecule has 0 radical (unpaired) electrons. The van der Waals surface area contributed by atoms with E-state index >= 15 is 0 Å². The second kappa shape index (κ2) is 6.22. The first kappa shape index (κ1) is 15.0. The van der Waals surface area contributed by atoms with Gasteiger partial charge in [0.1, 0.15) is 6.54 Å². The minimum Gasteiger partial charge on any atom is -0.480 e. The summed E-state index contributed by atoms with van der Waals surface area (Å²) in [5.74, 6) is -1.05. The molecule has 0 aliphatic carbocycles. The number of anilines is 1. The van der Waals surface area contributed by atoms with Crippen molar-refractivity contribution in [1.82, 2.24) is 5.32 Å². The molecule has 1 rings (SSSR count). The molecule has 0 aromatic heterocycles. The standard InChI is InChI=1S/C14H20N2O3/c1-14(2,3)10-15-13(19)16(9-12(17)18)11-7-5-4-6-8-11/h4-8H,9-10H2,1-3H3,(H,15,19)(H,17,18). The van der Waals surface area contributed by atoms with Crippen LogP contribution in [0.4, 0.5) is 10.5 Å². The first-order chi connectivity index (χ1) is 8.79. The van der Waals surface area contributed by atoms with Crippen molar-refractivity contribution in [3.63, 3.8) is 0 Å². The van der Waals surface area contributed by atoms with Gasteiger partial charge < -0.3 is 10.4 Å². The number of carboxylic acid groups (broad SMARTS) is 1. The summed E-state index contributed by atoms with van der Waals surface area (Å²) in [5.41, 5.74) is 0.512. The van der Waals surface area contributed by atoms with Gasteiger partial charge in [0, 0.05) is 12.2 Å². The Bertz CT molecular complexity index is 438. The number of para-hydroxylation sites is 1. The van der Waals surface area contributed by atoms with E-state index in [0.717, 1.165) is 0 Å². The highest BCUT2D eigenvalue weighted by atomic mass is 16.4. The molecule has 0 unspecified atom stereocenters. The number of carboxylic acids is 1. The predicted octanol–water partition coefficient (Wildman–Crippen LogP) is 2.33. The van der Waals surface area contributed by atoms with E-state index in [1.807, 2.05) is 26.8 Å². The van der Waals surface area contributed by atoms with Crippen molar-refractivity contribution in [3.8, 4) is 0 Å². The van der Waals surface area contributed by atoms with Gasteiger partial charge in [-0.25, -0.2) is 4.79 Å². The van der Waals surface area contributed by atoms with Gasteiger partial charge in [0.15, 0.2) is 0 Å². The molecular formula is C14H20N2O3. The van der Waals surface area contributed by atoms with E-state index in [1.54, 1.807) is 24.3 Å². The van der Waals surface area contributed by atoms with Gasteiger partial charge in [-0.3, -0.25) is 9.69 Å². The molecular weight excluding hydrogens is 244 g/mol. The summed E-state index contributed by atoms with van der Waals surface area (Å²) in [4.78, 5) is 24.2. The van der Waals surface area contributed by atoms with Crippen molar-refractivity contribution in [1.29, 1.82) is 0 Å². The number of aliphatic carboxylic acids is 1. The van der Waals surface area contributed by atoms with Gasteiger partial charge in [0.25, 0.3) is 0 Å². The maximum absolute atomic E-state index is 12.1. The number of nitrogens with zero attached hydrogens (tertiary/aromatic N) is 1. The lowest BCUT2D eigenvalue weighted by Gasteiger charge is -2.24. The van der Waals surface area contributed by atoms with Gasteiger partial charge in [0.2, 0.25) is 0 Å². The average molecular weight is 264 g/mol. The summed E-state index contributed by atoms with van der Waals surface area (Å²) >= 11 is 0. The molecule has 5 nitrogen and oxygen atoms in total. The number of carbonyl (C=O) groups excluding carboxylic acids is 1. The molecule has 0 aliphatic rings. The highest BCUT2D eigenvalue weighted by Crippen LogP contribution is 2.14. The van der Waals surface area contributed by atoms with Crippen molar-refractivity contribution < 1.29 is 14.7 Å². The molecule has 0 saturated heterocycles. The Hall–Kier alpha value is -2.04. The summed E-state index contributed by atoms with van der Waals surface area (Å²) in [6.07, 6.45) is 0. The van der Waals surface area contributed by atoms with Crippen LogP contribution in [0, 0.1) is 5.41 Å². The van der Waals surface area contributed by atoms with E-state index in [-0.39, 0.29) is 12.0 Å². The van der Waals surface area contributed by atoms with E-state index in [1.165, 1.54) is 4.90 Å². The molecule has 0 saturated carbocycles. The highest BCUT2D eigenvalue weighted by molar-refractivity contribution is 5.96. The smallest absolute Gasteiger partial charge is 0.323 e. The van der Waals surface area contributed by atoms with Gasteiger partial charge >= 0.3 is 12.0 Å². The number of carbonyl (C=O) groups is 2. The Morgan fingerprint density at radius 2 is 1.79 bits per heavy atom. The van der Waals surface area contributed by atoms with Crippen molar-refractivity contribution in [2.75, 3.05) is 18.0 Å². The number of urea groups is 1. The third-order valence-corrected chi connectivity index (χ3v) is 2.38. The van der Waals surface area contributed by atoms with E-state index in [0.29, 0.717) is 12.2 Å². The second-order valence-electron chi connectivity index (χ2n) is 5.53. The predicted molar refractivity (Wildman–Crippen MR) is 74.3 cm³/mol. The Morgan fingerprint density at radius 3 is 2.26 bits per heavy atom. The van der Waals surface area contributed by atoms with Crippen molar-refractivity contribution in [2.45, 2.75) is 20.8 Å². The van der Waals surface area contributed by atoms with Crippen LogP contribution >= 0.6 is 0 Å². The van der Waals surface area contributed by atoms with Crippen LogP contribution in [-0.2, 0) is 4.79 Å². The molecule has 1 aromatic carbocycles. The molecule has 0 heterocycles. The zero-order valence-electron chi connectivity index (χ0n) is 11.5. The molecule has 5 heteroatoms. The summed E-state index contributed by atoms with van der Waals surface area (Å²) < 4.78 is 0. The molecule has 104 valence electrons. The quantitative estimate of drug-likeness (QED) is 0.877. The minimum atomic E-state index is -1.05. The molecule has 0 spiro atoms. The van der Waals surface area contributed by atoms with E-state index in [2.05, 4.69) is 5.32 Å². The molecule has 0 fully saturated rings. The number of nitrogens with one attached hydrogen (secondary N) is 1. The van der Waals surface area contributed by atoms with Gasteiger partial charge in [-0.15, -0.1) is 0 Å². The minimum absolute atomic E-state index is 0.0543. The van der Waals surface area contributed by atoms with Crippen LogP contribution in [0.3, 0.4) is 0 Å². The topological polar surface area (TPSA) is 69.6 Å². The number of hydrogen-bond acceptors (Lipinski definition) is 2. The van der Waals surface area contributed by atoms with E-state index < -0.39 is 12.0 Å². The number of amides is 2. The van der Waals surface area contributed by atoms with Gasteiger partial charge in [-0.2, -0.15) is 0 Å². The zero-order chi connectivity index (χ0) is 14.5. The van der Waals surface area contributed by atoms with Crippen LogP contribution in [0.1, 0.15) is 20.8 Å². The molecule has 0 aliphatic heterocycles. The van der Waals surface area contributed by atoms with Crippen LogP contribution in [0.5, 0.6) is 0 Å². The lowest BCUT2D eigenvalue weighted by atomic mass is 9.97. The average Bonchev–Trinajstić information content (AvgIpc) is 2.33. The fourth-order valence-corrected chi connectivity index (χ4v) is 1.46. The summed E-state index contributed by atoms with van der Waals surface area (Å²) in [7, 11) is 0. The second-order valence-corrected chi connectivity index (χ2v) is 5.53. The lowest BCUT2D eigenvalue weighted by molar-refractivity contribution is -0.135. The number of hydrogen-bond donors (Lipinski definition) is 2. The third-order valence-electron chi connectivity index (χ3n) is 2.38. The third kappa shape index (κ3) is 5.42. The zero-order valence-corrected chi connectivity index (χ0v) is 11.5. The van der Waals surface area contributed by atoms with Crippen LogP contribution < -0.4 is 10.2 Å². The van der Waals surface area contributed by atoms with Crippen LogP contribution in [0.2, 0.25) is 0 Å². The van der Waals surface area contributed by atoms with Gasteiger partial charge in [-0.05, 0) is 17.5 Å². The van der Waals surface area contributed by atoms with Gasteiger partial charge in [0.05, 0.1) is 0 Å². The fourth-order valence-electron chi connectivity index (χ4n) is 1.46. The number of benzene rings is 1. The van der Waals surface area contributed by atoms with Crippen LogP contribution in [-0.4, -0.2) is 30.2 Å². The Morgan fingerprint density at radius 1 is 1.21 bits per heavy atom. The monoisotopic (exact) mass is 264 g/mol. The lowest BCUT2D eigenvalue weighted by Crippen LogP contribution is -2.45. The first-order valence-electron chi connectivity index (χ1n) is 6.12. The molecule has 2 N–H and O–H groups in total. The highest BCUT2D eigenvalue weighted by Gasteiger charge is 2.20. The Labute approximate surface area is 113 Å². The van der Waals surface area contributed by atoms with Crippen molar-refractivity contribution in [3.05, 3.63) is 30.3 Å². The number of rotatable bonds is 4. The van der Waals surface area contributed by atoms with Crippen molar-refractivity contribution in [2.24, 2.45) is 5.41 Å². The Kier molecular flexibility index (Phi) is 4.92.